The molecule has 1 fully saturated rings. The maximum Gasteiger partial charge on any atom is 0.220 e. The van der Waals surface area contributed by atoms with E-state index in [2.05, 4.69) is 35.5 Å². The first kappa shape index (κ1) is 12.0. The largest absolute Gasteiger partial charge is 0.356 e. The van der Waals surface area contributed by atoms with Crippen molar-refractivity contribution in [2.45, 2.75) is 19.9 Å². The Balaban J connectivity index is 1.74. The third kappa shape index (κ3) is 2.67. The number of nitrogens with zero attached hydrogens (tertiary/aromatic N) is 2. The Morgan fingerprint density at radius 2 is 2.32 bits per heavy atom. The third-order valence-electron chi connectivity index (χ3n) is 3.46. The fourth-order valence-corrected chi connectivity index (χ4v) is 2.48. The monoisotopic (exact) mass is 255 g/mol. The van der Waals surface area contributed by atoms with E-state index in [0.717, 1.165) is 24.3 Å². The number of carbonyl (C=O) groups excluding carboxylic acids is 1. The summed E-state index contributed by atoms with van der Waals surface area (Å²) < 4.78 is 1.93. The summed E-state index contributed by atoms with van der Waals surface area (Å²) in [5.41, 5.74) is 3.36. The second kappa shape index (κ2) is 4.88. The molecular formula is C15H17N3O. The van der Waals surface area contributed by atoms with Crippen LogP contribution >= 0.6 is 0 Å². The van der Waals surface area contributed by atoms with Crippen molar-refractivity contribution in [2.75, 3.05) is 6.54 Å². The smallest absolute Gasteiger partial charge is 0.220 e. The minimum atomic E-state index is 0.149. The number of carbonyl (C=O) groups is 1. The van der Waals surface area contributed by atoms with Crippen LogP contribution in [0.15, 0.2) is 36.5 Å². The van der Waals surface area contributed by atoms with E-state index in [-0.39, 0.29) is 5.91 Å². The highest BCUT2D eigenvalue weighted by atomic mass is 16.1. The molecule has 1 aliphatic heterocycles. The molecular weight excluding hydrogens is 238 g/mol. The summed E-state index contributed by atoms with van der Waals surface area (Å²) in [6, 6.07) is 10.4. The predicted octanol–water partition coefficient (Wildman–Crippen LogP) is 1.99. The summed E-state index contributed by atoms with van der Waals surface area (Å²) >= 11 is 0. The van der Waals surface area contributed by atoms with Crippen molar-refractivity contribution >= 4 is 5.91 Å². The van der Waals surface area contributed by atoms with Crippen molar-refractivity contribution in [3.8, 4) is 11.3 Å². The van der Waals surface area contributed by atoms with Gasteiger partial charge in [-0.1, -0.05) is 23.8 Å². The molecule has 0 radical (unpaired) electrons. The zero-order chi connectivity index (χ0) is 13.2. The maximum absolute atomic E-state index is 11.2. The van der Waals surface area contributed by atoms with Gasteiger partial charge in [-0.3, -0.25) is 9.48 Å². The second-order valence-electron chi connectivity index (χ2n) is 5.17. The summed E-state index contributed by atoms with van der Waals surface area (Å²) in [6.45, 7) is 3.64. The van der Waals surface area contributed by atoms with E-state index >= 15 is 0 Å². The van der Waals surface area contributed by atoms with Gasteiger partial charge in [0.15, 0.2) is 0 Å². The Kier molecular flexibility index (Phi) is 3.07. The molecule has 0 bridgehead atoms. The first-order chi connectivity index (χ1) is 9.20. The number of nitrogens with one attached hydrogen (secondary N) is 1. The van der Waals surface area contributed by atoms with Crippen LogP contribution in [0.1, 0.15) is 12.0 Å². The van der Waals surface area contributed by atoms with E-state index in [1.807, 2.05) is 23.0 Å². The fourth-order valence-electron chi connectivity index (χ4n) is 2.48. The molecule has 1 saturated heterocycles. The van der Waals surface area contributed by atoms with Crippen LogP contribution in [0.5, 0.6) is 0 Å². The van der Waals surface area contributed by atoms with E-state index in [1.165, 1.54) is 5.56 Å². The summed E-state index contributed by atoms with van der Waals surface area (Å²) in [4.78, 5) is 11.2. The van der Waals surface area contributed by atoms with Crippen LogP contribution in [-0.2, 0) is 11.3 Å². The average Bonchev–Trinajstić information content (AvgIpc) is 2.99. The van der Waals surface area contributed by atoms with E-state index in [9.17, 15) is 4.79 Å². The zero-order valence-corrected chi connectivity index (χ0v) is 11.0. The number of aryl methyl sites for hydroxylation is 1. The van der Waals surface area contributed by atoms with Crippen LogP contribution in [0.25, 0.3) is 11.3 Å². The molecule has 1 aromatic heterocycles. The Morgan fingerprint density at radius 3 is 3.05 bits per heavy atom. The van der Waals surface area contributed by atoms with Gasteiger partial charge >= 0.3 is 0 Å². The van der Waals surface area contributed by atoms with Crippen molar-refractivity contribution in [3.63, 3.8) is 0 Å². The van der Waals surface area contributed by atoms with Crippen LogP contribution in [0, 0.1) is 12.8 Å². The molecule has 1 aliphatic rings. The molecule has 1 N–H and O–H groups in total. The zero-order valence-electron chi connectivity index (χ0n) is 11.0. The van der Waals surface area contributed by atoms with Gasteiger partial charge in [-0.2, -0.15) is 5.10 Å². The minimum absolute atomic E-state index is 0.149. The van der Waals surface area contributed by atoms with Crippen molar-refractivity contribution < 1.29 is 4.79 Å². The number of hydrogen-bond acceptors (Lipinski definition) is 2. The van der Waals surface area contributed by atoms with Crippen molar-refractivity contribution in [3.05, 3.63) is 42.1 Å². The molecule has 1 atom stereocenters. The Hall–Kier alpha value is -2.10. The van der Waals surface area contributed by atoms with Gasteiger partial charge in [-0.05, 0) is 19.1 Å². The van der Waals surface area contributed by atoms with Gasteiger partial charge in [0, 0.05) is 37.2 Å². The second-order valence-corrected chi connectivity index (χ2v) is 5.17. The van der Waals surface area contributed by atoms with Crippen molar-refractivity contribution in [2.24, 2.45) is 5.92 Å². The van der Waals surface area contributed by atoms with Gasteiger partial charge in [-0.25, -0.2) is 0 Å². The highest BCUT2D eigenvalue weighted by Gasteiger charge is 2.21. The van der Waals surface area contributed by atoms with Gasteiger partial charge in [0.05, 0.1) is 5.69 Å². The molecule has 1 amide bonds. The lowest BCUT2D eigenvalue weighted by molar-refractivity contribution is -0.119. The highest BCUT2D eigenvalue weighted by molar-refractivity contribution is 5.78. The number of hydrogen-bond donors (Lipinski definition) is 1. The van der Waals surface area contributed by atoms with Crippen LogP contribution in [0.2, 0.25) is 0 Å². The van der Waals surface area contributed by atoms with Gasteiger partial charge in [0.2, 0.25) is 5.91 Å². The van der Waals surface area contributed by atoms with Gasteiger partial charge in [0.1, 0.15) is 0 Å². The maximum atomic E-state index is 11.2. The first-order valence-electron chi connectivity index (χ1n) is 6.58. The predicted molar refractivity (Wildman–Crippen MR) is 73.5 cm³/mol. The Morgan fingerprint density at radius 1 is 1.42 bits per heavy atom. The molecule has 0 aliphatic carbocycles. The molecule has 1 aromatic carbocycles. The highest BCUT2D eigenvalue weighted by Crippen LogP contribution is 2.19. The quantitative estimate of drug-likeness (QED) is 0.911. The summed E-state index contributed by atoms with van der Waals surface area (Å²) in [7, 11) is 0. The van der Waals surface area contributed by atoms with E-state index in [0.29, 0.717) is 12.3 Å². The van der Waals surface area contributed by atoms with Gasteiger partial charge in [0.25, 0.3) is 0 Å². The van der Waals surface area contributed by atoms with Crippen LogP contribution < -0.4 is 5.32 Å². The molecule has 0 spiro atoms. The van der Waals surface area contributed by atoms with E-state index in [4.69, 9.17) is 0 Å². The molecule has 19 heavy (non-hydrogen) atoms. The molecule has 2 aromatic rings. The number of benzene rings is 1. The molecule has 4 nitrogen and oxygen atoms in total. The Labute approximate surface area is 112 Å². The summed E-state index contributed by atoms with van der Waals surface area (Å²) in [5.74, 6) is 0.508. The number of amides is 1. The van der Waals surface area contributed by atoms with Crippen molar-refractivity contribution in [1.29, 1.82) is 0 Å². The topological polar surface area (TPSA) is 46.9 Å². The molecule has 3 rings (SSSR count). The third-order valence-corrected chi connectivity index (χ3v) is 3.46. The molecule has 0 saturated carbocycles. The molecule has 2 heterocycles. The Bertz CT molecular complexity index is 603. The lowest BCUT2D eigenvalue weighted by atomic mass is 10.1. The minimum Gasteiger partial charge on any atom is -0.356 e. The average molecular weight is 255 g/mol. The van der Waals surface area contributed by atoms with Crippen molar-refractivity contribution in [1.82, 2.24) is 15.1 Å². The first-order valence-corrected chi connectivity index (χ1v) is 6.58. The molecule has 98 valence electrons. The summed E-state index contributed by atoms with van der Waals surface area (Å²) in [6.07, 6.45) is 2.60. The van der Waals surface area contributed by atoms with E-state index in [1.54, 1.807) is 0 Å². The number of aromatic nitrogens is 2. The van der Waals surface area contributed by atoms with E-state index < -0.39 is 0 Å². The molecule has 1 unspecified atom stereocenters. The fraction of sp³-hybridized carbons (Fsp3) is 0.333. The molecule has 4 heteroatoms. The van der Waals surface area contributed by atoms with Crippen LogP contribution in [0.4, 0.5) is 0 Å². The SMILES string of the molecule is Cc1cccc(-c2ccn(CC3CNC(=O)C3)n2)c1. The lowest BCUT2D eigenvalue weighted by Gasteiger charge is -2.06. The normalized spacial score (nSPS) is 18.6. The lowest BCUT2D eigenvalue weighted by Crippen LogP contribution is -2.16. The summed E-state index contributed by atoms with van der Waals surface area (Å²) in [5, 5.41) is 7.44. The van der Waals surface area contributed by atoms with Crippen LogP contribution in [-0.4, -0.2) is 22.2 Å². The standard InChI is InChI=1S/C15H17N3O/c1-11-3-2-4-13(7-11)14-5-6-18(17-14)10-12-8-15(19)16-9-12/h2-7,12H,8-10H2,1H3,(H,16,19). The van der Waals surface area contributed by atoms with Gasteiger partial charge < -0.3 is 5.32 Å². The van der Waals surface area contributed by atoms with Gasteiger partial charge in [-0.15, -0.1) is 0 Å². The number of rotatable bonds is 3. The van der Waals surface area contributed by atoms with Crippen LogP contribution in [0.3, 0.4) is 0 Å².